The molecule has 0 aliphatic carbocycles. The first kappa shape index (κ1) is 97.2. The minimum absolute atomic E-state index is 0.243. The Balaban J connectivity index is 0.000000138. The molecular formula is C86H79N27O17S6. The third-order valence-electron chi connectivity index (χ3n) is 19.4. The van der Waals surface area contributed by atoms with E-state index in [4.69, 9.17) is 74.3 Å². The highest BCUT2D eigenvalue weighted by Gasteiger charge is 2.24. The number of nitriles is 1. The van der Waals surface area contributed by atoms with Crippen molar-refractivity contribution in [2.24, 2.45) is 11.5 Å². The van der Waals surface area contributed by atoms with Crippen molar-refractivity contribution in [1.29, 1.82) is 5.26 Å². The molecule has 0 aliphatic rings. The van der Waals surface area contributed by atoms with Crippen LogP contribution in [0.2, 0.25) is 0 Å². The first-order valence-electron chi connectivity index (χ1n) is 39.9. The lowest BCUT2D eigenvalue weighted by molar-refractivity contribution is -0.140. The van der Waals surface area contributed by atoms with E-state index < -0.39 is 44.8 Å². The first-order chi connectivity index (χ1) is 65.4. The van der Waals surface area contributed by atoms with Crippen LogP contribution in [0.15, 0.2) is 232 Å². The van der Waals surface area contributed by atoms with Gasteiger partial charge in [-0.05, 0) is 173 Å². The van der Waals surface area contributed by atoms with Crippen LogP contribution in [-0.2, 0) is 28.7 Å². The number of hydrogen-bond acceptors (Lipinski definition) is 34. The van der Waals surface area contributed by atoms with Crippen LogP contribution in [0.1, 0.15) is 33.3 Å². The van der Waals surface area contributed by atoms with Crippen LogP contribution in [0, 0.1) is 20.9 Å². The van der Waals surface area contributed by atoms with Gasteiger partial charge in [0.1, 0.15) is 82.9 Å². The van der Waals surface area contributed by atoms with Gasteiger partial charge in [-0.15, -0.1) is 0 Å². The number of amides is 2. The van der Waals surface area contributed by atoms with Gasteiger partial charge in [0.15, 0.2) is 52.8 Å². The molecule has 0 fully saturated rings. The molecule has 0 saturated heterocycles. The smallest absolute Gasteiger partial charge is 0.318 e. The number of fused-ring (bicyclic) bond motifs is 6. The summed E-state index contributed by atoms with van der Waals surface area (Å²) >= 11 is 14.3. The zero-order valence-corrected chi connectivity index (χ0v) is 78.2. The largest absolute Gasteiger partial charge is 0.497 e. The molecular weight excluding hydrogens is 1880 g/mol. The summed E-state index contributed by atoms with van der Waals surface area (Å²) in [5.74, 6) is 1.77. The highest BCUT2D eigenvalue weighted by molar-refractivity contribution is 8.01. The predicted molar refractivity (Wildman–Crippen MR) is 513 cm³/mol. The summed E-state index contributed by atoms with van der Waals surface area (Å²) in [4.78, 5) is 157. The van der Waals surface area contributed by atoms with Gasteiger partial charge in [-0.25, -0.2) is 48.0 Å². The summed E-state index contributed by atoms with van der Waals surface area (Å²) in [6.07, 6.45) is 8.80. The number of benzene rings is 6. The molecule has 18 rings (SSSR count). The summed E-state index contributed by atoms with van der Waals surface area (Å²) in [6.45, 7) is 6.66. The molecule has 0 saturated carbocycles. The van der Waals surface area contributed by atoms with Crippen molar-refractivity contribution in [3.8, 4) is 68.9 Å². The second-order valence-electron chi connectivity index (χ2n) is 28.2. The molecule has 4 atom stereocenters. The Morgan fingerprint density at radius 2 is 0.596 bits per heavy atom. The van der Waals surface area contributed by atoms with Crippen LogP contribution in [0.3, 0.4) is 0 Å². The number of primary amides is 2. The third kappa shape index (κ3) is 22.7. The highest BCUT2D eigenvalue weighted by atomic mass is 32.2. The number of nitrogens with two attached hydrogens (primary N) is 2. The molecule has 6 aromatic carbocycles. The zero-order valence-electron chi connectivity index (χ0n) is 73.3. The van der Waals surface area contributed by atoms with Crippen LogP contribution < -0.4 is 68.5 Å². The Bertz CT molecular complexity index is 8030. The van der Waals surface area contributed by atoms with E-state index in [-0.39, 0.29) is 42.9 Å². The second kappa shape index (κ2) is 43.8. The number of aromatic nitrogens is 24. The number of ether oxygens (including phenoxy) is 7. The second-order valence-corrected chi connectivity index (χ2v) is 34.3. The Kier molecular flexibility index (Phi) is 31.3. The maximum atomic E-state index is 12.3. The van der Waals surface area contributed by atoms with Gasteiger partial charge in [0.05, 0.1) is 143 Å². The Morgan fingerprint density at radius 3 is 0.875 bits per heavy atom. The lowest BCUT2D eigenvalue weighted by Crippen LogP contribution is -2.23. The number of esters is 2. The van der Waals surface area contributed by atoms with E-state index in [9.17, 15) is 47.9 Å². The van der Waals surface area contributed by atoms with E-state index in [0.717, 1.165) is 75.5 Å². The third-order valence-corrected chi connectivity index (χ3v) is 23.8. The number of carbonyl (C=O) groups is 4. The number of methoxy groups -OCH3 is 7. The number of nitrogens with zero attached hydrogens (tertiary/aromatic N) is 17. The molecule has 4 unspecified atom stereocenters. The quantitative estimate of drug-likeness (QED) is 0.0123. The van der Waals surface area contributed by atoms with E-state index in [1.165, 1.54) is 51.4 Å². The molecule has 2 amide bonds. The standard InChI is InChI=1S/2C16H16N4O4S.2C15H15N5O3S.C12H7N5OS.C12H10N4O2S/c1-9(15(22)24-3)25-16-18-13-12(14(21)19-16)8-17-20(13)10-4-6-11(23-2)7-5-10;1-9(15(22)24-3)25-16-18-13-12(14(21)19-16)8-17-20(13)10-5-4-6-11(7-10)23-2;1-8(12(16)21)24-15-18-13-11(14(22)19-15)7-17-20(13)9-3-5-10(23-2)6-4-9;1-8(12(16)21)24-15-18-13-11(14(22)19-15)7-17-20(13)9-4-3-5-10(6-9)23-2;13-5-7-1-3-8(4-2-7)17-10-9(6-14-17)11(18)16-12(19)15-10;1-18-8-4-2-7(3-5-8)16-10-9(6-13-16)11(17)15-12(19)14-10/h2*4-9H,1-3H3,(H,18,19,21);2*3-8H,1-2H3,(H2,16,21)(H,18,19,22);1-4,6H,(H2,15,16,18,19);2-6H,1H3,(H2,14,15,17,19). The number of aromatic amines is 8. The highest BCUT2D eigenvalue weighted by Crippen LogP contribution is 2.30. The predicted octanol–water partition coefficient (Wildman–Crippen LogP) is 9.13. The van der Waals surface area contributed by atoms with Crippen LogP contribution in [0.5, 0.6) is 28.7 Å². The van der Waals surface area contributed by atoms with Gasteiger partial charge in [-0.1, -0.05) is 59.2 Å². The number of hydrogen-bond donors (Lipinski definition) is 10. The van der Waals surface area contributed by atoms with Gasteiger partial charge in [-0.2, -0.15) is 35.9 Å². The average molecular weight is 1960 g/mol. The molecule has 0 bridgehead atoms. The van der Waals surface area contributed by atoms with E-state index in [0.29, 0.717) is 127 Å². The van der Waals surface area contributed by atoms with E-state index in [2.05, 4.69) is 90.4 Å². The van der Waals surface area contributed by atoms with Crippen molar-refractivity contribution in [3.63, 3.8) is 0 Å². The SMILES string of the molecule is COC(=O)C(C)Sc1nc2c(cnn2-c2ccc(OC)cc2)c(=O)[nH]1.COC(=O)C(C)Sc1nc2c(cnn2-c2cccc(OC)c2)c(=O)[nH]1.COc1ccc(-n2ncc3c(=O)[nH]c(=S)[nH]c32)cc1.COc1ccc(-n2ncc3c(=O)[nH]c(SC(C)C(N)=O)nc32)cc1.COc1cccc(-n2ncc3c(=O)[nH]c(SC(C)C(N)=O)nc32)c1.N#Cc1ccc(-n2ncc3c(=O)[nH]c(=S)[nH]c32)cc1. The number of rotatable bonds is 23. The van der Waals surface area contributed by atoms with Crippen LogP contribution in [0.4, 0.5) is 0 Å². The molecule has 0 aliphatic heterocycles. The van der Waals surface area contributed by atoms with Crippen molar-refractivity contribution in [3.05, 3.63) is 260 Å². The first-order valence-corrected chi connectivity index (χ1v) is 44.2. The van der Waals surface area contributed by atoms with Crippen LogP contribution in [0.25, 0.3) is 100 Å². The maximum absolute atomic E-state index is 12.3. The van der Waals surface area contributed by atoms with E-state index in [1.807, 2.05) is 91.0 Å². The van der Waals surface area contributed by atoms with Crippen LogP contribution in [-0.4, -0.2) is 213 Å². The van der Waals surface area contributed by atoms with E-state index >= 15 is 0 Å². The number of nitrogens with one attached hydrogen (secondary N) is 8. The molecule has 44 nitrogen and oxygen atoms in total. The normalized spacial score (nSPS) is 11.8. The molecule has 18 aromatic rings. The topological polar surface area (TPSA) is 596 Å². The van der Waals surface area contributed by atoms with E-state index in [1.54, 1.807) is 152 Å². The van der Waals surface area contributed by atoms with Gasteiger partial charge in [0.25, 0.3) is 33.4 Å². The number of carbonyl (C=O) groups excluding carboxylic acids is 4. The summed E-state index contributed by atoms with van der Waals surface area (Å²) < 4.78 is 45.1. The average Bonchev–Trinajstić information content (AvgIpc) is 1.64. The fourth-order valence-corrected chi connectivity index (χ4v) is 15.9. The van der Waals surface area contributed by atoms with Gasteiger partial charge >= 0.3 is 11.9 Å². The number of thioether (sulfide) groups is 4. The van der Waals surface area contributed by atoms with Gasteiger partial charge in [0, 0.05) is 12.1 Å². The molecule has 50 heteroatoms. The molecule has 12 N–H and O–H groups in total. The van der Waals surface area contributed by atoms with Gasteiger partial charge in [0.2, 0.25) is 11.8 Å². The lowest BCUT2D eigenvalue weighted by Gasteiger charge is -2.09. The Labute approximate surface area is 791 Å². The van der Waals surface area contributed by atoms with Crippen molar-refractivity contribution < 1.29 is 52.3 Å². The molecule has 12 heterocycles. The molecule has 696 valence electrons. The lowest BCUT2D eigenvalue weighted by atomic mass is 10.2. The molecule has 12 aromatic heterocycles. The monoisotopic (exact) mass is 1950 g/mol. The van der Waals surface area contributed by atoms with Crippen molar-refractivity contribution in [2.45, 2.75) is 69.3 Å². The summed E-state index contributed by atoms with van der Waals surface area (Å²) in [5.41, 5.74) is 16.4. The molecule has 0 spiro atoms. The summed E-state index contributed by atoms with van der Waals surface area (Å²) in [7, 11) is 10.6. The Hall–Kier alpha value is -16.4. The molecule has 136 heavy (non-hydrogen) atoms. The summed E-state index contributed by atoms with van der Waals surface area (Å²) in [5, 5.41) is 35.7. The van der Waals surface area contributed by atoms with Gasteiger partial charge in [-0.3, -0.25) is 57.9 Å². The number of H-pyrrole nitrogens is 8. The van der Waals surface area contributed by atoms with Crippen molar-refractivity contribution in [2.75, 3.05) is 49.8 Å². The zero-order chi connectivity index (χ0) is 97.3. The molecule has 0 radical (unpaired) electrons. The fourth-order valence-electron chi connectivity index (χ4n) is 12.4. The van der Waals surface area contributed by atoms with Crippen LogP contribution >= 0.6 is 71.5 Å². The summed E-state index contributed by atoms with van der Waals surface area (Å²) in [6, 6.07) is 45.2. The van der Waals surface area contributed by atoms with Gasteiger partial charge < -0.3 is 74.5 Å². The fraction of sp³-hybridized carbons (Fsp3) is 0.174. The minimum Gasteiger partial charge on any atom is -0.497 e. The van der Waals surface area contributed by atoms with Crippen molar-refractivity contribution >= 4 is 161 Å². The Morgan fingerprint density at radius 1 is 0.338 bits per heavy atom. The van der Waals surface area contributed by atoms with Crippen molar-refractivity contribution in [1.82, 2.24) is 118 Å². The maximum Gasteiger partial charge on any atom is 0.318 e. The minimum atomic E-state index is -0.515.